The zero-order chi connectivity index (χ0) is 15.4. The fourth-order valence-corrected chi connectivity index (χ4v) is 3.15. The van der Waals surface area contributed by atoms with Crippen molar-refractivity contribution in [2.75, 3.05) is 18.1 Å². The number of halogens is 1. The van der Waals surface area contributed by atoms with Gasteiger partial charge in [0.1, 0.15) is 18.1 Å². The second kappa shape index (κ2) is 7.01. The standard InChI is InChI=1S/C17H19FN2OS/c1-2-22-12-15-11-21-17(19-15)16-7-4-8-20(16)10-13-5-3-6-14(18)9-13/h3-9,15H,2,10-12H2,1H3/t15-/m1/s1. The van der Waals surface area contributed by atoms with Crippen LogP contribution in [0.2, 0.25) is 0 Å². The lowest BCUT2D eigenvalue weighted by Crippen LogP contribution is -2.11. The fraction of sp³-hybridized carbons (Fsp3) is 0.353. The van der Waals surface area contributed by atoms with Gasteiger partial charge in [0.25, 0.3) is 0 Å². The van der Waals surface area contributed by atoms with Crippen LogP contribution in [0.4, 0.5) is 4.39 Å². The van der Waals surface area contributed by atoms with Gasteiger partial charge in [-0.3, -0.25) is 0 Å². The summed E-state index contributed by atoms with van der Waals surface area (Å²) < 4.78 is 21.1. The average Bonchev–Trinajstić information content (AvgIpc) is 3.14. The van der Waals surface area contributed by atoms with Gasteiger partial charge in [0, 0.05) is 18.5 Å². The molecule has 1 aliphatic rings. The molecule has 3 rings (SSSR count). The molecule has 0 amide bonds. The number of ether oxygens (including phenoxy) is 1. The van der Waals surface area contributed by atoms with E-state index in [1.807, 2.05) is 40.7 Å². The van der Waals surface area contributed by atoms with E-state index < -0.39 is 0 Å². The maximum absolute atomic E-state index is 13.3. The van der Waals surface area contributed by atoms with Crippen LogP contribution in [0.1, 0.15) is 18.2 Å². The van der Waals surface area contributed by atoms with Gasteiger partial charge in [-0.15, -0.1) is 0 Å². The monoisotopic (exact) mass is 318 g/mol. The molecule has 3 nitrogen and oxygen atoms in total. The Morgan fingerprint density at radius 1 is 1.36 bits per heavy atom. The third-order valence-electron chi connectivity index (χ3n) is 3.52. The zero-order valence-corrected chi connectivity index (χ0v) is 13.4. The quantitative estimate of drug-likeness (QED) is 0.814. The number of rotatable bonds is 6. The molecule has 0 unspecified atom stereocenters. The first-order chi connectivity index (χ1) is 10.8. The molecule has 0 N–H and O–H groups in total. The van der Waals surface area contributed by atoms with E-state index in [1.54, 1.807) is 12.1 Å². The van der Waals surface area contributed by atoms with Gasteiger partial charge in [0.05, 0.1) is 6.04 Å². The van der Waals surface area contributed by atoms with Crippen molar-refractivity contribution in [3.05, 3.63) is 59.7 Å². The van der Waals surface area contributed by atoms with Crippen molar-refractivity contribution in [3.8, 4) is 0 Å². The Kier molecular flexibility index (Phi) is 4.83. The molecule has 116 valence electrons. The predicted octanol–water partition coefficient (Wildman–Crippen LogP) is 3.57. The smallest absolute Gasteiger partial charge is 0.233 e. The Balaban J connectivity index is 1.75. The van der Waals surface area contributed by atoms with Gasteiger partial charge in [-0.2, -0.15) is 11.8 Å². The minimum atomic E-state index is -0.211. The molecule has 2 aromatic rings. The topological polar surface area (TPSA) is 26.5 Å². The first-order valence-electron chi connectivity index (χ1n) is 7.44. The largest absolute Gasteiger partial charge is 0.474 e. The van der Waals surface area contributed by atoms with Crippen LogP contribution in [0.5, 0.6) is 0 Å². The fourth-order valence-electron chi connectivity index (χ4n) is 2.47. The lowest BCUT2D eigenvalue weighted by atomic mass is 10.2. The molecule has 0 aliphatic carbocycles. The Labute approximate surface area is 134 Å². The number of aliphatic imine (C=N–C) groups is 1. The third-order valence-corrected chi connectivity index (χ3v) is 4.55. The Hall–Kier alpha value is -1.75. The van der Waals surface area contributed by atoms with Gasteiger partial charge in [0.15, 0.2) is 0 Å². The summed E-state index contributed by atoms with van der Waals surface area (Å²) in [6.45, 7) is 3.40. The zero-order valence-electron chi connectivity index (χ0n) is 12.5. The summed E-state index contributed by atoms with van der Waals surface area (Å²) in [7, 11) is 0. The summed E-state index contributed by atoms with van der Waals surface area (Å²) in [5, 5.41) is 0. The molecule has 0 radical (unpaired) electrons. The van der Waals surface area contributed by atoms with Crippen LogP contribution in [-0.4, -0.2) is 34.6 Å². The Morgan fingerprint density at radius 3 is 3.09 bits per heavy atom. The molecule has 0 saturated carbocycles. The summed E-state index contributed by atoms with van der Waals surface area (Å²) in [6, 6.07) is 10.9. The molecule has 1 atom stereocenters. The van der Waals surface area contributed by atoms with E-state index in [2.05, 4.69) is 11.9 Å². The molecule has 0 bridgehead atoms. The van der Waals surface area contributed by atoms with Crippen LogP contribution in [0, 0.1) is 5.82 Å². The van der Waals surface area contributed by atoms with Crippen LogP contribution in [0.25, 0.3) is 0 Å². The van der Waals surface area contributed by atoms with Crippen molar-refractivity contribution in [2.24, 2.45) is 4.99 Å². The lowest BCUT2D eigenvalue weighted by Gasteiger charge is -2.09. The van der Waals surface area contributed by atoms with E-state index in [9.17, 15) is 4.39 Å². The molecule has 5 heteroatoms. The Bertz CT molecular complexity index is 668. The molecule has 1 aliphatic heterocycles. The van der Waals surface area contributed by atoms with Gasteiger partial charge in [-0.25, -0.2) is 9.38 Å². The number of benzene rings is 1. The van der Waals surface area contributed by atoms with Crippen LogP contribution >= 0.6 is 11.8 Å². The van der Waals surface area contributed by atoms with Crippen molar-refractivity contribution in [2.45, 2.75) is 19.5 Å². The highest BCUT2D eigenvalue weighted by Gasteiger charge is 2.21. The van der Waals surface area contributed by atoms with Gasteiger partial charge in [-0.05, 0) is 35.6 Å². The molecular weight excluding hydrogens is 299 g/mol. The summed E-state index contributed by atoms with van der Waals surface area (Å²) >= 11 is 1.88. The normalized spacial score (nSPS) is 17.4. The molecule has 0 fully saturated rings. The SMILES string of the molecule is CCSC[C@H]1COC(c2cccn2Cc2cccc(F)c2)=N1. The van der Waals surface area contributed by atoms with Crippen molar-refractivity contribution in [3.63, 3.8) is 0 Å². The number of thioether (sulfide) groups is 1. The highest BCUT2D eigenvalue weighted by atomic mass is 32.2. The maximum Gasteiger partial charge on any atom is 0.233 e. The van der Waals surface area contributed by atoms with Crippen LogP contribution in [-0.2, 0) is 11.3 Å². The van der Waals surface area contributed by atoms with Crippen molar-refractivity contribution < 1.29 is 9.13 Å². The predicted molar refractivity (Wildman–Crippen MR) is 89.2 cm³/mol. The number of aromatic nitrogens is 1. The second-order valence-corrected chi connectivity index (χ2v) is 6.53. The highest BCUT2D eigenvalue weighted by molar-refractivity contribution is 7.99. The first kappa shape index (κ1) is 15.2. The number of nitrogens with zero attached hydrogens (tertiary/aromatic N) is 2. The van der Waals surface area contributed by atoms with Gasteiger partial charge < -0.3 is 9.30 Å². The third kappa shape index (κ3) is 3.53. The molecule has 0 saturated heterocycles. The molecule has 1 aromatic carbocycles. The maximum atomic E-state index is 13.3. The molecule has 22 heavy (non-hydrogen) atoms. The Morgan fingerprint density at radius 2 is 2.27 bits per heavy atom. The molecule has 1 aromatic heterocycles. The summed E-state index contributed by atoms with van der Waals surface area (Å²) in [5.41, 5.74) is 1.88. The molecule has 0 spiro atoms. The van der Waals surface area contributed by atoms with E-state index in [4.69, 9.17) is 4.74 Å². The molecular formula is C17H19FN2OS. The van der Waals surface area contributed by atoms with Crippen LogP contribution in [0.3, 0.4) is 0 Å². The van der Waals surface area contributed by atoms with Gasteiger partial charge in [0.2, 0.25) is 5.90 Å². The summed E-state index contributed by atoms with van der Waals surface area (Å²) in [6.07, 6.45) is 1.97. The average molecular weight is 318 g/mol. The van der Waals surface area contributed by atoms with Crippen LogP contribution in [0.15, 0.2) is 47.6 Å². The van der Waals surface area contributed by atoms with E-state index in [1.165, 1.54) is 6.07 Å². The summed E-state index contributed by atoms with van der Waals surface area (Å²) in [4.78, 5) is 4.67. The number of hydrogen-bond acceptors (Lipinski definition) is 3. The van der Waals surface area contributed by atoms with Crippen molar-refractivity contribution >= 4 is 17.7 Å². The molecule has 2 heterocycles. The first-order valence-corrected chi connectivity index (χ1v) is 8.60. The second-order valence-electron chi connectivity index (χ2n) is 5.21. The van der Waals surface area contributed by atoms with E-state index >= 15 is 0 Å². The van der Waals surface area contributed by atoms with E-state index in [-0.39, 0.29) is 11.9 Å². The van der Waals surface area contributed by atoms with Gasteiger partial charge >= 0.3 is 0 Å². The minimum absolute atomic E-state index is 0.211. The van der Waals surface area contributed by atoms with Crippen molar-refractivity contribution in [1.82, 2.24) is 4.57 Å². The lowest BCUT2D eigenvalue weighted by molar-refractivity contribution is 0.323. The van der Waals surface area contributed by atoms with E-state index in [0.29, 0.717) is 19.0 Å². The van der Waals surface area contributed by atoms with Gasteiger partial charge in [-0.1, -0.05) is 19.1 Å². The van der Waals surface area contributed by atoms with E-state index in [0.717, 1.165) is 22.8 Å². The minimum Gasteiger partial charge on any atom is -0.474 e. The van der Waals surface area contributed by atoms with Crippen molar-refractivity contribution in [1.29, 1.82) is 0 Å². The summed E-state index contributed by atoms with van der Waals surface area (Å²) in [5.74, 6) is 2.57. The highest BCUT2D eigenvalue weighted by Crippen LogP contribution is 2.17. The number of hydrogen-bond donors (Lipinski definition) is 0. The van der Waals surface area contributed by atoms with Crippen LogP contribution < -0.4 is 0 Å².